The SMILES string of the molecule is c1ccc(-c2ccc3c(c2)c2cc(-c4ccccc4)cc4c2n3[Si](c2ccccc2)(c2ccccc2)c2ccccc2-4)cc1. The zero-order valence-electron chi connectivity index (χ0n) is 24.2. The fraction of sp³-hybridized carbons (Fsp3) is 0. The van der Waals surface area contributed by atoms with E-state index in [2.05, 4.69) is 180 Å². The van der Waals surface area contributed by atoms with Gasteiger partial charge in [0.2, 0.25) is 0 Å². The van der Waals surface area contributed by atoms with Gasteiger partial charge < -0.3 is 4.23 Å². The Morgan fingerprint density at radius 3 is 1.52 bits per heavy atom. The van der Waals surface area contributed by atoms with E-state index in [4.69, 9.17) is 0 Å². The summed E-state index contributed by atoms with van der Waals surface area (Å²) >= 11 is 0. The molecule has 8 aromatic rings. The molecule has 0 aliphatic carbocycles. The van der Waals surface area contributed by atoms with Crippen LogP contribution in [-0.4, -0.2) is 12.5 Å². The lowest BCUT2D eigenvalue weighted by molar-refractivity contribution is 1.29. The van der Waals surface area contributed by atoms with E-state index in [1.807, 2.05) is 0 Å². The molecule has 1 nitrogen and oxygen atoms in total. The van der Waals surface area contributed by atoms with Crippen LogP contribution < -0.4 is 15.6 Å². The first-order valence-corrected chi connectivity index (χ1v) is 17.2. The van der Waals surface area contributed by atoms with Crippen LogP contribution in [0, 0.1) is 0 Å². The summed E-state index contributed by atoms with van der Waals surface area (Å²) in [6.07, 6.45) is 0. The van der Waals surface area contributed by atoms with Crippen LogP contribution in [0.4, 0.5) is 0 Å². The van der Waals surface area contributed by atoms with E-state index in [0.717, 1.165) is 0 Å². The fourth-order valence-corrected chi connectivity index (χ4v) is 12.7. The summed E-state index contributed by atoms with van der Waals surface area (Å²) in [6.45, 7) is 0. The molecule has 2 heterocycles. The zero-order valence-corrected chi connectivity index (χ0v) is 25.2. The van der Waals surface area contributed by atoms with E-state index >= 15 is 0 Å². The Hall–Kier alpha value is -5.44. The van der Waals surface area contributed by atoms with Gasteiger partial charge in [0.15, 0.2) is 0 Å². The maximum absolute atomic E-state index is 2.80. The second-order valence-electron chi connectivity index (χ2n) is 11.7. The van der Waals surface area contributed by atoms with Gasteiger partial charge in [-0.3, -0.25) is 0 Å². The van der Waals surface area contributed by atoms with E-state index in [-0.39, 0.29) is 0 Å². The summed E-state index contributed by atoms with van der Waals surface area (Å²) in [7, 11) is -2.80. The average Bonchev–Trinajstić information content (AvgIpc) is 3.44. The number of hydrogen-bond acceptors (Lipinski definition) is 0. The van der Waals surface area contributed by atoms with Crippen molar-refractivity contribution in [3.05, 3.63) is 176 Å². The average molecular weight is 576 g/mol. The van der Waals surface area contributed by atoms with E-state index in [1.165, 1.54) is 70.7 Å². The second kappa shape index (κ2) is 9.80. The van der Waals surface area contributed by atoms with E-state index in [9.17, 15) is 0 Å². The largest absolute Gasteiger partial charge is 0.355 e. The Labute approximate surface area is 258 Å². The smallest absolute Gasteiger partial charge is 0.258 e. The number of nitrogens with zero attached hydrogens (tertiary/aromatic N) is 1. The molecule has 206 valence electrons. The molecule has 7 aromatic carbocycles. The molecule has 0 fully saturated rings. The number of hydrogen-bond donors (Lipinski definition) is 0. The minimum atomic E-state index is -2.80. The summed E-state index contributed by atoms with van der Waals surface area (Å²) in [5.41, 5.74) is 10.2. The molecule has 0 atom stereocenters. The molecule has 1 aliphatic rings. The Bertz CT molecular complexity index is 2260. The van der Waals surface area contributed by atoms with Crippen molar-refractivity contribution in [1.82, 2.24) is 4.23 Å². The summed E-state index contributed by atoms with van der Waals surface area (Å²) in [5.74, 6) is 0. The minimum absolute atomic E-state index is 1.24. The highest BCUT2D eigenvalue weighted by atomic mass is 28.3. The van der Waals surface area contributed by atoms with E-state index < -0.39 is 8.24 Å². The topological polar surface area (TPSA) is 4.93 Å². The lowest BCUT2D eigenvalue weighted by Crippen LogP contribution is -2.73. The molecule has 0 spiro atoms. The van der Waals surface area contributed by atoms with Gasteiger partial charge in [0, 0.05) is 27.4 Å². The van der Waals surface area contributed by atoms with Crippen molar-refractivity contribution in [1.29, 1.82) is 0 Å². The standard InChI is InChI=1S/C42H29NSi/c1-5-15-30(16-6-1)32-25-26-40-37(27-32)39-29-33(31-17-7-2-8-18-31)28-38-36-23-13-14-24-41(36)44(43(40)42(38)39,34-19-9-3-10-20-34)35-21-11-4-12-22-35/h1-29H. The van der Waals surface area contributed by atoms with Crippen molar-refractivity contribution in [2.75, 3.05) is 0 Å². The predicted octanol–water partition coefficient (Wildman–Crippen LogP) is 8.62. The third-order valence-corrected chi connectivity index (χ3v) is 14.1. The maximum atomic E-state index is 2.78. The Kier molecular flexibility index (Phi) is 5.59. The van der Waals surface area contributed by atoms with E-state index in [0.29, 0.717) is 0 Å². The summed E-state index contributed by atoms with van der Waals surface area (Å²) in [6, 6.07) is 65.3. The summed E-state index contributed by atoms with van der Waals surface area (Å²) < 4.78 is 2.78. The van der Waals surface area contributed by atoms with Crippen molar-refractivity contribution >= 4 is 45.6 Å². The van der Waals surface area contributed by atoms with Crippen LogP contribution in [0.1, 0.15) is 0 Å². The molecule has 1 aromatic heterocycles. The van der Waals surface area contributed by atoms with Gasteiger partial charge in [-0.1, -0.05) is 152 Å². The van der Waals surface area contributed by atoms with Crippen LogP contribution in [0.15, 0.2) is 176 Å². The lowest BCUT2D eigenvalue weighted by Gasteiger charge is -2.41. The van der Waals surface area contributed by atoms with Gasteiger partial charge in [-0.05, 0) is 67.6 Å². The van der Waals surface area contributed by atoms with Gasteiger partial charge in [-0.2, -0.15) is 0 Å². The van der Waals surface area contributed by atoms with Gasteiger partial charge in [-0.25, -0.2) is 0 Å². The third kappa shape index (κ3) is 3.52. The minimum Gasteiger partial charge on any atom is -0.355 e. The molecule has 9 rings (SSSR count). The second-order valence-corrected chi connectivity index (χ2v) is 15.3. The lowest BCUT2D eigenvalue weighted by atomic mass is 9.95. The quantitative estimate of drug-likeness (QED) is 0.185. The van der Waals surface area contributed by atoms with Crippen LogP contribution in [-0.2, 0) is 0 Å². The molecule has 0 radical (unpaired) electrons. The Morgan fingerprint density at radius 2 is 0.886 bits per heavy atom. The van der Waals surface area contributed by atoms with Crippen molar-refractivity contribution in [3.8, 4) is 33.4 Å². The van der Waals surface area contributed by atoms with Gasteiger partial charge in [-0.15, -0.1) is 0 Å². The van der Waals surface area contributed by atoms with Crippen LogP contribution in [0.5, 0.6) is 0 Å². The molecule has 1 aliphatic heterocycles. The van der Waals surface area contributed by atoms with Crippen molar-refractivity contribution in [2.24, 2.45) is 0 Å². The summed E-state index contributed by atoms with van der Waals surface area (Å²) in [4.78, 5) is 0. The van der Waals surface area contributed by atoms with Crippen LogP contribution in [0.2, 0.25) is 0 Å². The third-order valence-electron chi connectivity index (χ3n) is 9.40. The number of benzene rings is 7. The van der Waals surface area contributed by atoms with Gasteiger partial charge in [0.05, 0.1) is 0 Å². The normalized spacial score (nSPS) is 13.2. The van der Waals surface area contributed by atoms with Gasteiger partial charge in [0.25, 0.3) is 8.24 Å². The first-order valence-electron chi connectivity index (χ1n) is 15.3. The first-order chi connectivity index (χ1) is 21.8. The van der Waals surface area contributed by atoms with E-state index in [1.54, 1.807) is 0 Å². The number of fused-ring (bicyclic) bond motifs is 5. The zero-order chi connectivity index (χ0) is 29.1. The highest BCUT2D eigenvalue weighted by molar-refractivity contribution is 7.12. The monoisotopic (exact) mass is 575 g/mol. The summed E-state index contributed by atoms with van der Waals surface area (Å²) in [5, 5.41) is 6.83. The van der Waals surface area contributed by atoms with Crippen molar-refractivity contribution in [2.45, 2.75) is 0 Å². The molecular weight excluding hydrogens is 547 g/mol. The molecule has 0 unspecified atom stereocenters. The van der Waals surface area contributed by atoms with Gasteiger partial charge in [0.1, 0.15) is 0 Å². The Morgan fingerprint density at radius 1 is 0.364 bits per heavy atom. The van der Waals surface area contributed by atoms with Crippen molar-refractivity contribution < 1.29 is 0 Å². The molecule has 0 bridgehead atoms. The Balaban J connectivity index is 1.51. The van der Waals surface area contributed by atoms with Crippen LogP contribution in [0.3, 0.4) is 0 Å². The fourth-order valence-electron chi connectivity index (χ4n) is 7.56. The molecular formula is C42H29NSi. The molecule has 0 amide bonds. The predicted molar refractivity (Wildman–Crippen MR) is 189 cm³/mol. The van der Waals surface area contributed by atoms with Crippen LogP contribution >= 0.6 is 0 Å². The molecule has 0 N–H and O–H groups in total. The maximum Gasteiger partial charge on any atom is 0.258 e. The highest BCUT2D eigenvalue weighted by Gasteiger charge is 2.48. The number of aromatic nitrogens is 1. The van der Waals surface area contributed by atoms with Gasteiger partial charge >= 0.3 is 0 Å². The molecule has 0 saturated carbocycles. The van der Waals surface area contributed by atoms with Crippen molar-refractivity contribution in [3.63, 3.8) is 0 Å². The van der Waals surface area contributed by atoms with Crippen LogP contribution in [0.25, 0.3) is 55.2 Å². The highest BCUT2D eigenvalue weighted by Crippen LogP contribution is 2.44. The molecule has 44 heavy (non-hydrogen) atoms. The molecule has 0 saturated heterocycles. The molecule has 2 heteroatoms. The first kappa shape index (κ1) is 25.1. The number of rotatable bonds is 4.